The summed E-state index contributed by atoms with van der Waals surface area (Å²) in [6, 6.07) is 0. The standard InChI is InChI=1S/C4H8FNO3S/c5-10(8,9)4-2-6-1-3(4)7/h3-4,6-7H,1-2H2. The number of aliphatic hydroxyl groups is 1. The molecule has 0 aromatic rings. The van der Waals surface area contributed by atoms with Gasteiger partial charge in [-0.2, -0.15) is 8.42 Å². The van der Waals surface area contributed by atoms with Crippen molar-refractivity contribution in [2.75, 3.05) is 13.1 Å². The molecule has 0 bridgehead atoms. The van der Waals surface area contributed by atoms with E-state index in [9.17, 15) is 12.3 Å². The van der Waals surface area contributed by atoms with Gasteiger partial charge < -0.3 is 10.4 Å². The van der Waals surface area contributed by atoms with Crippen LogP contribution in [0, 0.1) is 0 Å². The largest absolute Gasteiger partial charge is 0.390 e. The minimum Gasteiger partial charge on any atom is -0.390 e. The number of hydrogen-bond acceptors (Lipinski definition) is 4. The molecule has 0 aromatic heterocycles. The molecular formula is C4H8FNO3S. The van der Waals surface area contributed by atoms with Gasteiger partial charge in [0.1, 0.15) is 5.25 Å². The van der Waals surface area contributed by atoms with Gasteiger partial charge in [0.25, 0.3) is 0 Å². The fourth-order valence-corrected chi connectivity index (χ4v) is 1.72. The van der Waals surface area contributed by atoms with E-state index in [0.717, 1.165) is 0 Å². The molecule has 0 radical (unpaired) electrons. The lowest BCUT2D eigenvalue weighted by Gasteiger charge is -2.05. The van der Waals surface area contributed by atoms with Gasteiger partial charge in [-0.1, -0.05) is 0 Å². The SMILES string of the molecule is O=S(=O)(F)C1CNCC1O. The van der Waals surface area contributed by atoms with Gasteiger partial charge in [0.15, 0.2) is 0 Å². The number of rotatable bonds is 1. The van der Waals surface area contributed by atoms with Crippen LogP contribution < -0.4 is 5.32 Å². The third-order valence-electron chi connectivity index (χ3n) is 1.49. The van der Waals surface area contributed by atoms with Gasteiger partial charge in [-0.3, -0.25) is 0 Å². The van der Waals surface area contributed by atoms with Crippen LogP contribution >= 0.6 is 0 Å². The highest BCUT2D eigenvalue weighted by molar-refractivity contribution is 7.87. The van der Waals surface area contributed by atoms with Crippen molar-refractivity contribution in [1.82, 2.24) is 5.32 Å². The highest BCUT2D eigenvalue weighted by Crippen LogP contribution is 2.11. The summed E-state index contributed by atoms with van der Waals surface area (Å²) in [5.74, 6) is 0. The predicted molar refractivity (Wildman–Crippen MR) is 32.7 cm³/mol. The Kier molecular flexibility index (Phi) is 1.93. The van der Waals surface area contributed by atoms with Crippen molar-refractivity contribution in [2.24, 2.45) is 0 Å². The second-order valence-electron chi connectivity index (χ2n) is 2.24. The van der Waals surface area contributed by atoms with Crippen molar-refractivity contribution in [2.45, 2.75) is 11.4 Å². The molecule has 6 heteroatoms. The van der Waals surface area contributed by atoms with Gasteiger partial charge in [-0.25, -0.2) is 0 Å². The first-order valence-corrected chi connectivity index (χ1v) is 4.29. The first-order chi connectivity index (χ1) is 4.52. The van der Waals surface area contributed by atoms with Crippen molar-refractivity contribution in [3.05, 3.63) is 0 Å². The Morgan fingerprint density at radius 3 is 2.30 bits per heavy atom. The minimum absolute atomic E-state index is 0.000000000000000222. The van der Waals surface area contributed by atoms with E-state index in [-0.39, 0.29) is 13.1 Å². The molecule has 0 aromatic carbocycles. The molecule has 0 saturated carbocycles. The summed E-state index contributed by atoms with van der Waals surface area (Å²) in [4.78, 5) is 0. The summed E-state index contributed by atoms with van der Waals surface area (Å²) >= 11 is 0. The van der Waals surface area contributed by atoms with E-state index in [0.29, 0.717) is 0 Å². The number of β-amino-alcohol motifs (C(OH)–C–C–N with tert-alkyl or cyclic N) is 1. The van der Waals surface area contributed by atoms with Gasteiger partial charge in [0.05, 0.1) is 6.10 Å². The highest BCUT2D eigenvalue weighted by atomic mass is 32.3. The molecule has 4 nitrogen and oxygen atoms in total. The fourth-order valence-electron chi connectivity index (χ4n) is 0.928. The number of nitrogens with one attached hydrogen (secondary N) is 1. The molecule has 60 valence electrons. The molecule has 10 heavy (non-hydrogen) atoms. The molecule has 1 rings (SSSR count). The Balaban J connectivity index is 2.74. The molecule has 0 amide bonds. The van der Waals surface area contributed by atoms with E-state index < -0.39 is 21.6 Å². The zero-order valence-electron chi connectivity index (χ0n) is 5.12. The van der Waals surface area contributed by atoms with E-state index >= 15 is 0 Å². The average Bonchev–Trinajstić information content (AvgIpc) is 2.11. The Labute approximate surface area is 58.3 Å². The van der Waals surface area contributed by atoms with E-state index in [1.54, 1.807) is 0 Å². The summed E-state index contributed by atoms with van der Waals surface area (Å²) in [6.45, 7) is 0.147. The molecule has 2 atom stereocenters. The maximum absolute atomic E-state index is 12.1. The average molecular weight is 169 g/mol. The molecule has 1 heterocycles. The number of halogens is 1. The van der Waals surface area contributed by atoms with E-state index in [4.69, 9.17) is 5.11 Å². The minimum atomic E-state index is -4.56. The van der Waals surface area contributed by atoms with Crippen LogP contribution in [0.25, 0.3) is 0 Å². The van der Waals surface area contributed by atoms with Crippen molar-refractivity contribution in [3.8, 4) is 0 Å². The summed E-state index contributed by atoms with van der Waals surface area (Å²) in [5.41, 5.74) is 0. The normalized spacial score (nSPS) is 34.6. The van der Waals surface area contributed by atoms with Crippen molar-refractivity contribution in [3.63, 3.8) is 0 Å². The summed E-state index contributed by atoms with van der Waals surface area (Å²) < 4.78 is 32.5. The first kappa shape index (κ1) is 7.90. The van der Waals surface area contributed by atoms with E-state index in [1.165, 1.54) is 0 Å². The lowest BCUT2D eigenvalue weighted by molar-refractivity contribution is 0.196. The van der Waals surface area contributed by atoms with Gasteiger partial charge >= 0.3 is 10.2 Å². The number of hydrogen-bond donors (Lipinski definition) is 2. The Morgan fingerprint density at radius 2 is 2.10 bits per heavy atom. The van der Waals surface area contributed by atoms with E-state index in [2.05, 4.69) is 5.32 Å². The smallest absolute Gasteiger partial charge is 0.309 e. The summed E-state index contributed by atoms with van der Waals surface area (Å²) in [6.07, 6.45) is -1.10. The second-order valence-corrected chi connectivity index (χ2v) is 3.80. The fraction of sp³-hybridized carbons (Fsp3) is 1.00. The zero-order valence-corrected chi connectivity index (χ0v) is 5.94. The summed E-state index contributed by atoms with van der Waals surface area (Å²) in [5, 5.41) is 10.1. The van der Waals surface area contributed by atoms with Crippen LogP contribution in [0.3, 0.4) is 0 Å². The molecule has 0 spiro atoms. The molecule has 0 aliphatic carbocycles. The van der Waals surface area contributed by atoms with Crippen LogP contribution in [-0.4, -0.2) is 38.0 Å². The van der Waals surface area contributed by atoms with Gasteiger partial charge in [0, 0.05) is 13.1 Å². The molecule has 2 unspecified atom stereocenters. The maximum Gasteiger partial charge on any atom is 0.309 e. The Bertz CT molecular complexity index is 215. The highest BCUT2D eigenvalue weighted by Gasteiger charge is 2.36. The van der Waals surface area contributed by atoms with Gasteiger partial charge in [-0.05, 0) is 0 Å². The van der Waals surface area contributed by atoms with Crippen LogP contribution in [0.5, 0.6) is 0 Å². The summed E-state index contributed by atoms with van der Waals surface area (Å²) in [7, 11) is -4.56. The van der Waals surface area contributed by atoms with Crippen molar-refractivity contribution in [1.29, 1.82) is 0 Å². The van der Waals surface area contributed by atoms with Gasteiger partial charge in [-0.15, -0.1) is 3.89 Å². The maximum atomic E-state index is 12.1. The monoisotopic (exact) mass is 169 g/mol. The lowest BCUT2D eigenvalue weighted by Crippen LogP contribution is -2.29. The molecule has 2 N–H and O–H groups in total. The van der Waals surface area contributed by atoms with Crippen LogP contribution in [0.2, 0.25) is 0 Å². The second kappa shape index (κ2) is 2.44. The Hall–Kier alpha value is -0.200. The first-order valence-electron chi connectivity index (χ1n) is 2.84. The molecule has 1 fully saturated rings. The molecule has 1 aliphatic rings. The quantitative estimate of drug-likeness (QED) is 0.475. The van der Waals surface area contributed by atoms with E-state index in [1.807, 2.05) is 0 Å². The topological polar surface area (TPSA) is 66.4 Å². The Morgan fingerprint density at radius 1 is 1.50 bits per heavy atom. The van der Waals surface area contributed by atoms with Crippen LogP contribution in [0.1, 0.15) is 0 Å². The van der Waals surface area contributed by atoms with Crippen molar-refractivity contribution >= 4 is 10.2 Å². The van der Waals surface area contributed by atoms with Gasteiger partial charge in [0.2, 0.25) is 0 Å². The third-order valence-corrected chi connectivity index (χ3v) is 2.69. The van der Waals surface area contributed by atoms with Crippen molar-refractivity contribution < 1.29 is 17.4 Å². The van der Waals surface area contributed by atoms with Crippen LogP contribution in [0.15, 0.2) is 0 Å². The lowest BCUT2D eigenvalue weighted by atomic mass is 10.3. The third kappa shape index (κ3) is 1.44. The molecular weight excluding hydrogens is 161 g/mol. The zero-order chi connectivity index (χ0) is 7.78. The predicted octanol–water partition coefficient (Wildman–Crippen LogP) is -1.38. The van der Waals surface area contributed by atoms with Crippen LogP contribution in [-0.2, 0) is 10.2 Å². The number of aliphatic hydroxyl groups excluding tert-OH is 1. The molecule has 1 aliphatic heterocycles. The van der Waals surface area contributed by atoms with Crippen LogP contribution in [0.4, 0.5) is 3.89 Å². The molecule has 1 saturated heterocycles.